The maximum Gasteiger partial charge on any atom is 0.243 e. The maximum atomic E-state index is 14.3. The van der Waals surface area contributed by atoms with Gasteiger partial charge in [0.05, 0.1) is 30.2 Å². The molecule has 0 aliphatic carbocycles. The Hall–Kier alpha value is -3.49. The number of unbranched alkanes of at least 4 members (excludes halogenated alkanes) is 11. The molecule has 1 heterocycles. The van der Waals surface area contributed by atoms with E-state index in [0.29, 0.717) is 38.6 Å². The molecule has 52 heavy (non-hydrogen) atoms. The molecule has 0 bridgehead atoms. The minimum atomic E-state index is -3.80. The summed E-state index contributed by atoms with van der Waals surface area (Å²) in [5.41, 5.74) is 2.81. The van der Waals surface area contributed by atoms with Crippen LogP contribution < -0.4 is 4.74 Å². The van der Waals surface area contributed by atoms with Crippen molar-refractivity contribution in [1.82, 2.24) is 9.21 Å². The van der Waals surface area contributed by atoms with E-state index in [0.717, 1.165) is 29.5 Å². The van der Waals surface area contributed by atoms with Gasteiger partial charge in [0.2, 0.25) is 10.0 Å². The lowest BCUT2D eigenvalue weighted by molar-refractivity contribution is 0.0187. The highest BCUT2D eigenvalue weighted by atomic mass is 32.2. The average Bonchev–Trinajstić information content (AvgIpc) is 3.19. The molecule has 5 rings (SSSR count). The molecule has 1 saturated heterocycles. The van der Waals surface area contributed by atoms with Gasteiger partial charge in [-0.25, -0.2) is 8.42 Å². The summed E-state index contributed by atoms with van der Waals surface area (Å²) in [4.78, 5) is 2.75. The standard InChI is InChI=1S/C45H60N2O4S/c1-3-4-5-6-7-8-9-10-11-12-13-23-36-51-38-42-37-46(34-35-47(42)52(48,49)44-32-30-43(50-2)31-33-44)45(39-24-17-14-18-25-39,40-26-19-15-20-27-40)41-28-21-16-22-29-41/h14-22,24-33,42H,3-13,23,34-38H2,1-2H3. The van der Waals surface area contributed by atoms with Crippen molar-refractivity contribution >= 4 is 10.0 Å². The molecule has 0 spiro atoms. The van der Waals surface area contributed by atoms with Crippen molar-refractivity contribution in [2.45, 2.75) is 100 Å². The zero-order valence-electron chi connectivity index (χ0n) is 31.5. The molecule has 0 saturated carbocycles. The van der Waals surface area contributed by atoms with Crippen LogP contribution in [0.3, 0.4) is 0 Å². The van der Waals surface area contributed by atoms with E-state index < -0.39 is 15.6 Å². The van der Waals surface area contributed by atoms with E-state index in [4.69, 9.17) is 9.47 Å². The summed E-state index contributed by atoms with van der Waals surface area (Å²) < 4.78 is 42.0. The number of sulfonamides is 1. The van der Waals surface area contributed by atoms with Crippen LogP contribution >= 0.6 is 0 Å². The summed E-state index contributed by atoms with van der Waals surface area (Å²) >= 11 is 0. The largest absolute Gasteiger partial charge is 0.497 e. The Morgan fingerprint density at radius 1 is 0.615 bits per heavy atom. The molecule has 1 aliphatic heterocycles. The summed E-state index contributed by atoms with van der Waals surface area (Å²) in [6.07, 6.45) is 15.5. The highest BCUT2D eigenvalue weighted by molar-refractivity contribution is 7.89. The van der Waals surface area contributed by atoms with Gasteiger partial charge in [-0.15, -0.1) is 0 Å². The Morgan fingerprint density at radius 2 is 1.08 bits per heavy atom. The molecule has 0 amide bonds. The molecular formula is C45H60N2O4S. The fourth-order valence-corrected chi connectivity index (χ4v) is 9.42. The van der Waals surface area contributed by atoms with Gasteiger partial charge in [0.15, 0.2) is 0 Å². The minimum absolute atomic E-state index is 0.271. The fourth-order valence-electron chi connectivity index (χ4n) is 7.83. The third-order valence-corrected chi connectivity index (χ3v) is 12.6. The molecule has 7 heteroatoms. The second-order valence-electron chi connectivity index (χ2n) is 14.2. The monoisotopic (exact) mass is 724 g/mol. The second-order valence-corrected chi connectivity index (χ2v) is 16.1. The van der Waals surface area contributed by atoms with Crippen LogP contribution in [0.4, 0.5) is 0 Å². The Labute approximate surface area is 314 Å². The van der Waals surface area contributed by atoms with Crippen molar-refractivity contribution in [3.63, 3.8) is 0 Å². The zero-order valence-corrected chi connectivity index (χ0v) is 32.3. The van der Waals surface area contributed by atoms with E-state index >= 15 is 0 Å². The maximum absolute atomic E-state index is 14.3. The van der Waals surface area contributed by atoms with Gasteiger partial charge in [-0.1, -0.05) is 169 Å². The predicted octanol–water partition coefficient (Wildman–Crippen LogP) is 10.1. The van der Waals surface area contributed by atoms with Crippen LogP contribution in [0.25, 0.3) is 0 Å². The molecule has 1 atom stereocenters. The number of benzene rings is 4. The molecule has 4 aromatic carbocycles. The number of methoxy groups -OCH3 is 1. The number of rotatable bonds is 22. The molecular weight excluding hydrogens is 665 g/mol. The van der Waals surface area contributed by atoms with Crippen LogP contribution in [0.1, 0.15) is 101 Å². The van der Waals surface area contributed by atoms with E-state index in [-0.39, 0.29) is 10.9 Å². The lowest BCUT2D eigenvalue weighted by Crippen LogP contribution is -2.62. The van der Waals surface area contributed by atoms with Gasteiger partial charge in [0.1, 0.15) is 5.75 Å². The Kier molecular flexibility index (Phi) is 15.8. The zero-order chi connectivity index (χ0) is 36.5. The van der Waals surface area contributed by atoms with Crippen LogP contribution in [0.15, 0.2) is 120 Å². The van der Waals surface area contributed by atoms with E-state index in [1.807, 2.05) is 0 Å². The third-order valence-electron chi connectivity index (χ3n) is 10.6. The van der Waals surface area contributed by atoms with Gasteiger partial charge >= 0.3 is 0 Å². The Bertz CT molecular complexity index is 1570. The molecule has 6 nitrogen and oxygen atoms in total. The van der Waals surface area contributed by atoms with Gasteiger partial charge in [-0.3, -0.25) is 4.90 Å². The summed E-state index contributed by atoms with van der Waals surface area (Å²) in [6.45, 7) is 4.63. The molecule has 0 N–H and O–H groups in total. The van der Waals surface area contributed by atoms with Crippen LogP contribution in [0.5, 0.6) is 5.75 Å². The van der Waals surface area contributed by atoms with Crippen LogP contribution in [0, 0.1) is 0 Å². The molecule has 0 aromatic heterocycles. The van der Waals surface area contributed by atoms with Gasteiger partial charge in [0.25, 0.3) is 0 Å². The molecule has 1 fully saturated rings. The summed E-state index contributed by atoms with van der Waals surface area (Å²) in [5, 5.41) is 0. The van der Waals surface area contributed by atoms with E-state index in [1.165, 1.54) is 64.2 Å². The first kappa shape index (κ1) is 39.7. The minimum Gasteiger partial charge on any atom is -0.497 e. The fraction of sp³-hybridized carbons (Fsp3) is 0.467. The number of piperazine rings is 1. The Balaban J connectivity index is 1.33. The predicted molar refractivity (Wildman–Crippen MR) is 213 cm³/mol. The number of hydrogen-bond acceptors (Lipinski definition) is 5. The van der Waals surface area contributed by atoms with Crippen molar-refractivity contribution in [1.29, 1.82) is 0 Å². The normalized spacial score (nSPS) is 15.8. The molecule has 1 aliphatic rings. The highest BCUT2D eigenvalue weighted by Crippen LogP contribution is 2.44. The average molecular weight is 725 g/mol. The Morgan fingerprint density at radius 3 is 1.54 bits per heavy atom. The SMILES string of the molecule is CCCCCCCCCCCCCCOCC1CN(C(c2ccccc2)(c2ccccc2)c2ccccc2)CCN1S(=O)(=O)c1ccc(OC)cc1. The van der Waals surface area contributed by atoms with Crippen LogP contribution in [-0.2, 0) is 20.3 Å². The van der Waals surface area contributed by atoms with Crippen molar-refractivity contribution in [2.75, 3.05) is 40.0 Å². The number of hydrogen-bond donors (Lipinski definition) is 0. The quantitative estimate of drug-likeness (QED) is 0.0597. The topological polar surface area (TPSA) is 59.1 Å². The number of nitrogens with zero attached hydrogens (tertiary/aromatic N) is 2. The van der Waals surface area contributed by atoms with Gasteiger partial charge in [0, 0.05) is 26.2 Å². The van der Waals surface area contributed by atoms with Crippen LogP contribution in [0.2, 0.25) is 0 Å². The first-order valence-electron chi connectivity index (χ1n) is 19.7. The smallest absolute Gasteiger partial charge is 0.243 e. The first-order chi connectivity index (χ1) is 25.5. The van der Waals surface area contributed by atoms with Crippen molar-refractivity contribution in [2.24, 2.45) is 0 Å². The first-order valence-corrected chi connectivity index (χ1v) is 21.1. The third kappa shape index (κ3) is 10.1. The van der Waals surface area contributed by atoms with Crippen molar-refractivity contribution < 1.29 is 17.9 Å². The summed E-state index contributed by atoms with van der Waals surface area (Å²) in [7, 11) is -2.21. The van der Waals surface area contributed by atoms with E-state index in [2.05, 4.69) is 103 Å². The summed E-state index contributed by atoms with van der Waals surface area (Å²) in [5.74, 6) is 0.629. The highest BCUT2D eigenvalue weighted by Gasteiger charge is 2.47. The summed E-state index contributed by atoms with van der Waals surface area (Å²) in [6, 6.07) is 38.2. The number of ether oxygens (including phenoxy) is 2. The second kappa shape index (κ2) is 20.7. The lowest BCUT2D eigenvalue weighted by atomic mass is 9.75. The van der Waals surface area contributed by atoms with Crippen LogP contribution in [-0.4, -0.2) is 63.6 Å². The molecule has 4 aromatic rings. The van der Waals surface area contributed by atoms with Gasteiger partial charge < -0.3 is 9.47 Å². The van der Waals surface area contributed by atoms with E-state index in [1.54, 1.807) is 35.7 Å². The molecule has 0 radical (unpaired) electrons. The van der Waals surface area contributed by atoms with E-state index in [9.17, 15) is 8.42 Å². The van der Waals surface area contributed by atoms with Gasteiger partial charge in [-0.2, -0.15) is 4.31 Å². The van der Waals surface area contributed by atoms with Crippen molar-refractivity contribution in [3.05, 3.63) is 132 Å². The van der Waals surface area contributed by atoms with Crippen molar-refractivity contribution in [3.8, 4) is 5.75 Å². The molecule has 1 unspecified atom stereocenters. The molecule has 280 valence electrons. The van der Waals surface area contributed by atoms with Gasteiger partial charge in [-0.05, 0) is 47.4 Å². The lowest BCUT2D eigenvalue weighted by Gasteiger charge is -2.51.